The fraction of sp³-hybridized carbons (Fsp3) is 0.550. The van der Waals surface area contributed by atoms with Crippen molar-refractivity contribution in [1.29, 1.82) is 0 Å². The maximum Gasteiger partial charge on any atom is 0.327 e. The van der Waals surface area contributed by atoms with E-state index in [4.69, 9.17) is 0 Å². The van der Waals surface area contributed by atoms with Gasteiger partial charge in [-0.1, -0.05) is 25.3 Å². The molecule has 1 spiro atoms. The Morgan fingerprint density at radius 2 is 1.82 bits per heavy atom. The molecule has 2 aliphatic rings. The van der Waals surface area contributed by atoms with Crippen molar-refractivity contribution in [3.05, 3.63) is 35.4 Å². The first kappa shape index (κ1) is 20.2. The highest BCUT2D eigenvalue weighted by Crippen LogP contribution is 2.39. The lowest BCUT2D eigenvalue weighted by molar-refractivity contribution is -0.140. The van der Waals surface area contributed by atoms with Gasteiger partial charge in [0.1, 0.15) is 12.1 Å². The van der Waals surface area contributed by atoms with Crippen LogP contribution in [-0.4, -0.2) is 58.7 Å². The Balaban J connectivity index is 1.73. The summed E-state index contributed by atoms with van der Waals surface area (Å²) in [7, 11) is 3.13. The molecule has 1 aliphatic carbocycles. The maximum absolute atomic E-state index is 13.5. The zero-order valence-electron chi connectivity index (χ0n) is 16.4. The number of nitrogens with zero attached hydrogens (tertiary/aromatic N) is 3. The van der Waals surface area contributed by atoms with Crippen molar-refractivity contribution in [3.8, 4) is 0 Å². The van der Waals surface area contributed by atoms with Crippen LogP contribution in [0.1, 0.15) is 50.6 Å². The summed E-state index contributed by atoms with van der Waals surface area (Å²) in [6.07, 6.45) is 4.00. The fourth-order valence-electron chi connectivity index (χ4n) is 4.13. The Labute approximate surface area is 163 Å². The van der Waals surface area contributed by atoms with Crippen LogP contribution in [0, 0.1) is 11.6 Å². The van der Waals surface area contributed by atoms with Crippen LogP contribution in [0.25, 0.3) is 0 Å². The van der Waals surface area contributed by atoms with E-state index in [1.54, 1.807) is 14.0 Å². The number of likely N-dealkylation sites (N-methyl/N-ethyl adjacent to an activating group) is 2. The van der Waals surface area contributed by atoms with Crippen molar-refractivity contribution in [1.82, 2.24) is 14.7 Å². The topological polar surface area (TPSA) is 60.9 Å². The Bertz CT molecular complexity index is 808. The van der Waals surface area contributed by atoms with E-state index in [2.05, 4.69) is 0 Å². The van der Waals surface area contributed by atoms with E-state index in [0.717, 1.165) is 36.3 Å². The molecule has 3 rings (SSSR count). The molecule has 1 unspecified atom stereocenters. The van der Waals surface area contributed by atoms with Gasteiger partial charge in [0.25, 0.3) is 5.91 Å². The first-order valence-corrected chi connectivity index (χ1v) is 9.49. The second-order valence-electron chi connectivity index (χ2n) is 7.68. The molecule has 1 saturated carbocycles. The Morgan fingerprint density at radius 3 is 2.43 bits per heavy atom. The van der Waals surface area contributed by atoms with E-state index in [0.29, 0.717) is 18.4 Å². The number of halogens is 2. The maximum atomic E-state index is 13.5. The molecular weight excluding hydrogens is 368 g/mol. The zero-order chi connectivity index (χ0) is 20.6. The number of rotatable bonds is 4. The van der Waals surface area contributed by atoms with Crippen molar-refractivity contribution < 1.29 is 23.2 Å². The largest absolute Gasteiger partial charge is 0.337 e. The van der Waals surface area contributed by atoms with E-state index in [1.165, 1.54) is 22.9 Å². The van der Waals surface area contributed by atoms with Gasteiger partial charge in [-0.05, 0) is 37.5 Å². The monoisotopic (exact) mass is 393 g/mol. The second kappa shape index (κ2) is 7.48. The van der Waals surface area contributed by atoms with Crippen molar-refractivity contribution in [2.75, 3.05) is 20.6 Å². The number of hydrogen-bond donors (Lipinski definition) is 0. The van der Waals surface area contributed by atoms with E-state index in [-0.39, 0.29) is 12.5 Å². The number of carbonyl (C=O) groups is 3. The number of imide groups is 1. The smallest absolute Gasteiger partial charge is 0.327 e. The molecule has 6 nitrogen and oxygen atoms in total. The first-order chi connectivity index (χ1) is 13.2. The van der Waals surface area contributed by atoms with E-state index < -0.39 is 35.2 Å². The van der Waals surface area contributed by atoms with Gasteiger partial charge >= 0.3 is 6.03 Å². The van der Waals surface area contributed by atoms with Crippen LogP contribution in [0.3, 0.4) is 0 Å². The lowest BCUT2D eigenvalue weighted by Crippen LogP contribution is -2.49. The highest BCUT2D eigenvalue weighted by molar-refractivity contribution is 6.08. The van der Waals surface area contributed by atoms with Crippen LogP contribution >= 0.6 is 0 Å². The van der Waals surface area contributed by atoms with Crippen LogP contribution in [0.4, 0.5) is 13.6 Å². The highest BCUT2D eigenvalue weighted by atomic mass is 19.2. The number of benzene rings is 1. The molecule has 1 heterocycles. The van der Waals surface area contributed by atoms with Gasteiger partial charge < -0.3 is 9.80 Å². The minimum atomic E-state index is -0.990. The van der Waals surface area contributed by atoms with Gasteiger partial charge in [0.15, 0.2) is 11.6 Å². The molecule has 1 aliphatic heterocycles. The predicted octanol–water partition coefficient (Wildman–Crippen LogP) is 3.08. The Morgan fingerprint density at radius 1 is 1.18 bits per heavy atom. The summed E-state index contributed by atoms with van der Waals surface area (Å²) in [6.45, 7) is 1.31. The van der Waals surface area contributed by atoms with Gasteiger partial charge in [0.2, 0.25) is 5.91 Å². The molecule has 1 aromatic carbocycles. The van der Waals surface area contributed by atoms with Gasteiger partial charge in [-0.15, -0.1) is 0 Å². The normalized spacial score (nSPS) is 20.0. The van der Waals surface area contributed by atoms with E-state index in [9.17, 15) is 23.2 Å². The lowest BCUT2D eigenvalue weighted by atomic mass is 9.81. The highest BCUT2D eigenvalue weighted by Gasteiger charge is 2.56. The van der Waals surface area contributed by atoms with Crippen LogP contribution < -0.4 is 0 Å². The van der Waals surface area contributed by atoms with Crippen molar-refractivity contribution in [2.24, 2.45) is 0 Å². The summed E-state index contributed by atoms with van der Waals surface area (Å²) in [5, 5.41) is 0. The predicted molar refractivity (Wildman–Crippen MR) is 98.2 cm³/mol. The van der Waals surface area contributed by atoms with Gasteiger partial charge in [-0.3, -0.25) is 14.5 Å². The third-order valence-corrected chi connectivity index (χ3v) is 6.18. The molecule has 152 valence electrons. The van der Waals surface area contributed by atoms with Gasteiger partial charge in [0.05, 0.1) is 6.04 Å². The zero-order valence-corrected chi connectivity index (χ0v) is 16.4. The molecule has 28 heavy (non-hydrogen) atoms. The molecule has 0 N–H and O–H groups in total. The number of amides is 4. The SMILES string of the molecule is CC(c1ccc(F)c(F)c1)N(C)C(=O)CN1C(=O)N(C)C2(CCCCC2)C1=O. The van der Waals surface area contributed by atoms with Crippen LogP contribution in [0.2, 0.25) is 0 Å². The van der Waals surface area contributed by atoms with Gasteiger partial charge in [-0.2, -0.15) is 0 Å². The summed E-state index contributed by atoms with van der Waals surface area (Å²) < 4.78 is 26.6. The molecule has 0 radical (unpaired) electrons. The quantitative estimate of drug-likeness (QED) is 0.739. The number of hydrogen-bond acceptors (Lipinski definition) is 3. The summed E-state index contributed by atoms with van der Waals surface area (Å²) in [4.78, 5) is 42.2. The first-order valence-electron chi connectivity index (χ1n) is 9.49. The molecule has 1 atom stereocenters. The Kier molecular flexibility index (Phi) is 5.41. The Hall–Kier alpha value is -2.51. The molecule has 1 aromatic rings. The van der Waals surface area contributed by atoms with E-state index in [1.807, 2.05) is 0 Å². The van der Waals surface area contributed by atoms with Crippen molar-refractivity contribution >= 4 is 17.8 Å². The standard InChI is InChI=1S/C20H25F2N3O3/c1-13(14-7-8-15(21)16(22)11-14)23(2)17(26)12-25-18(27)20(24(3)19(25)28)9-5-4-6-10-20/h7-8,11,13H,4-6,9-10,12H2,1-3H3. The summed E-state index contributed by atoms with van der Waals surface area (Å²) >= 11 is 0. The van der Waals surface area contributed by atoms with Crippen LogP contribution in [0.5, 0.6) is 0 Å². The van der Waals surface area contributed by atoms with E-state index >= 15 is 0 Å². The lowest BCUT2D eigenvalue weighted by Gasteiger charge is -2.35. The molecule has 2 fully saturated rings. The number of carbonyl (C=O) groups excluding carboxylic acids is 3. The van der Waals surface area contributed by atoms with Crippen molar-refractivity contribution in [2.45, 2.75) is 50.6 Å². The molecule has 4 amide bonds. The third kappa shape index (κ3) is 3.25. The van der Waals surface area contributed by atoms with Crippen LogP contribution in [-0.2, 0) is 9.59 Å². The van der Waals surface area contributed by atoms with Crippen LogP contribution in [0.15, 0.2) is 18.2 Å². The fourth-order valence-corrected chi connectivity index (χ4v) is 4.13. The molecule has 8 heteroatoms. The minimum Gasteiger partial charge on any atom is -0.337 e. The summed E-state index contributed by atoms with van der Waals surface area (Å²) in [6, 6.07) is 2.45. The molecular formula is C20H25F2N3O3. The van der Waals surface area contributed by atoms with Gasteiger partial charge in [0, 0.05) is 14.1 Å². The summed E-state index contributed by atoms with van der Waals surface area (Å²) in [5.41, 5.74) is -0.408. The second-order valence-corrected chi connectivity index (χ2v) is 7.68. The molecule has 0 bridgehead atoms. The number of urea groups is 1. The van der Waals surface area contributed by atoms with Crippen molar-refractivity contribution in [3.63, 3.8) is 0 Å². The average molecular weight is 393 g/mol. The average Bonchev–Trinajstić information content (AvgIpc) is 2.85. The minimum absolute atomic E-state index is 0.318. The third-order valence-electron chi connectivity index (χ3n) is 6.18. The molecule has 0 aromatic heterocycles. The summed E-state index contributed by atoms with van der Waals surface area (Å²) in [5.74, 6) is -2.71. The molecule has 1 saturated heterocycles. The van der Waals surface area contributed by atoms with Gasteiger partial charge in [-0.25, -0.2) is 13.6 Å².